The van der Waals surface area contributed by atoms with E-state index in [1.54, 1.807) is 0 Å². The fourth-order valence-corrected chi connectivity index (χ4v) is 1.81. The number of carbonyl (C=O) groups is 2. The number of hydrogen-bond donors (Lipinski definition) is 3. The van der Waals surface area contributed by atoms with Crippen LogP contribution in [0.1, 0.15) is 18.4 Å². The van der Waals surface area contributed by atoms with Crippen molar-refractivity contribution in [2.75, 3.05) is 18.4 Å². The summed E-state index contributed by atoms with van der Waals surface area (Å²) in [5.41, 5.74) is 7.00. The van der Waals surface area contributed by atoms with E-state index >= 15 is 0 Å². The molecule has 0 aliphatic rings. The number of hydrogen-bond acceptors (Lipinski definition) is 3. The van der Waals surface area contributed by atoms with Gasteiger partial charge in [-0.25, -0.2) is 0 Å². The van der Waals surface area contributed by atoms with Gasteiger partial charge in [0.1, 0.15) is 0 Å². The highest BCUT2D eigenvalue weighted by molar-refractivity contribution is 9.10. The summed E-state index contributed by atoms with van der Waals surface area (Å²) in [5, 5.41) is 5.31. The van der Waals surface area contributed by atoms with Crippen LogP contribution in [0.4, 0.5) is 5.69 Å². The van der Waals surface area contributed by atoms with Gasteiger partial charge in [-0.05, 0) is 37.6 Å². The van der Waals surface area contributed by atoms with Crippen molar-refractivity contribution in [1.82, 2.24) is 5.32 Å². The van der Waals surface area contributed by atoms with Crippen LogP contribution in [0.2, 0.25) is 0 Å². The summed E-state index contributed by atoms with van der Waals surface area (Å²) >= 11 is 3.34. The molecule has 19 heavy (non-hydrogen) atoms. The maximum Gasteiger partial charge on any atom is 0.243 e. The van der Waals surface area contributed by atoms with Crippen molar-refractivity contribution in [2.45, 2.75) is 19.8 Å². The summed E-state index contributed by atoms with van der Waals surface area (Å²) in [6.45, 7) is 2.34. The lowest BCUT2D eigenvalue weighted by atomic mass is 10.2. The Balaban J connectivity index is 2.43. The first-order valence-electron chi connectivity index (χ1n) is 6.05. The molecule has 0 bridgehead atoms. The minimum atomic E-state index is -0.248. The van der Waals surface area contributed by atoms with Gasteiger partial charge >= 0.3 is 0 Å². The van der Waals surface area contributed by atoms with Gasteiger partial charge in [0.2, 0.25) is 11.8 Å². The first-order valence-corrected chi connectivity index (χ1v) is 6.85. The molecule has 2 amide bonds. The molecule has 5 nitrogen and oxygen atoms in total. The van der Waals surface area contributed by atoms with E-state index in [0.29, 0.717) is 19.4 Å². The van der Waals surface area contributed by atoms with Crippen molar-refractivity contribution in [3.8, 4) is 0 Å². The van der Waals surface area contributed by atoms with Gasteiger partial charge in [-0.15, -0.1) is 0 Å². The van der Waals surface area contributed by atoms with E-state index in [1.807, 2.05) is 25.1 Å². The van der Waals surface area contributed by atoms with E-state index < -0.39 is 0 Å². The third-order valence-corrected chi connectivity index (χ3v) is 3.02. The van der Waals surface area contributed by atoms with Crippen LogP contribution in [0, 0.1) is 6.92 Å². The number of nitrogens with one attached hydrogen (secondary N) is 2. The highest BCUT2D eigenvalue weighted by atomic mass is 79.9. The molecule has 0 atom stereocenters. The van der Waals surface area contributed by atoms with Gasteiger partial charge in [0.25, 0.3) is 0 Å². The van der Waals surface area contributed by atoms with Crippen LogP contribution >= 0.6 is 15.9 Å². The molecule has 0 spiro atoms. The molecule has 0 aliphatic heterocycles. The van der Waals surface area contributed by atoms with Crippen molar-refractivity contribution in [3.05, 3.63) is 28.2 Å². The number of aryl methyl sites for hydroxylation is 1. The Labute approximate surface area is 121 Å². The van der Waals surface area contributed by atoms with Gasteiger partial charge < -0.3 is 16.4 Å². The van der Waals surface area contributed by atoms with Crippen LogP contribution in [0.5, 0.6) is 0 Å². The average molecular weight is 328 g/mol. The van der Waals surface area contributed by atoms with Gasteiger partial charge in [0, 0.05) is 16.6 Å². The fraction of sp³-hybridized carbons (Fsp3) is 0.385. The number of benzene rings is 1. The summed E-state index contributed by atoms with van der Waals surface area (Å²) in [5.74, 6) is -0.408. The van der Waals surface area contributed by atoms with E-state index in [9.17, 15) is 9.59 Å². The van der Waals surface area contributed by atoms with Crippen molar-refractivity contribution < 1.29 is 9.59 Å². The Morgan fingerprint density at radius 2 is 2.05 bits per heavy atom. The van der Waals surface area contributed by atoms with E-state index in [1.165, 1.54) is 0 Å². The van der Waals surface area contributed by atoms with Gasteiger partial charge in [-0.2, -0.15) is 0 Å². The minimum Gasteiger partial charge on any atom is -0.347 e. The largest absolute Gasteiger partial charge is 0.347 e. The van der Waals surface area contributed by atoms with Crippen LogP contribution in [0.3, 0.4) is 0 Å². The predicted octanol–water partition coefficient (Wildman–Crippen LogP) is 1.55. The zero-order chi connectivity index (χ0) is 14.3. The number of amides is 2. The zero-order valence-corrected chi connectivity index (χ0v) is 12.4. The Hall–Kier alpha value is -1.40. The van der Waals surface area contributed by atoms with Gasteiger partial charge in [-0.3, -0.25) is 9.59 Å². The third kappa shape index (κ3) is 5.85. The first-order chi connectivity index (χ1) is 9.02. The van der Waals surface area contributed by atoms with Crippen molar-refractivity contribution in [1.29, 1.82) is 0 Å². The predicted molar refractivity (Wildman–Crippen MR) is 78.8 cm³/mol. The minimum absolute atomic E-state index is 0.0324. The molecule has 1 aromatic carbocycles. The first kappa shape index (κ1) is 15.7. The van der Waals surface area contributed by atoms with E-state index in [4.69, 9.17) is 5.73 Å². The lowest BCUT2D eigenvalue weighted by Gasteiger charge is -2.09. The fourth-order valence-electron chi connectivity index (χ4n) is 1.45. The molecule has 0 aromatic heterocycles. The van der Waals surface area contributed by atoms with Crippen LogP contribution in [-0.4, -0.2) is 24.9 Å². The molecule has 0 radical (unpaired) electrons. The van der Waals surface area contributed by atoms with Crippen molar-refractivity contribution in [2.24, 2.45) is 5.73 Å². The van der Waals surface area contributed by atoms with Crippen LogP contribution in [0.15, 0.2) is 22.7 Å². The van der Waals surface area contributed by atoms with Gasteiger partial charge in [0.05, 0.1) is 6.54 Å². The van der Waals surface area contributed by atoms with Crippen molar-refractivity contribution >= 4 is 33.4 Å². The zero-order valence-electron chi connectivity index (χ0n) is 10.8. The Bertz CT molecular complexity index is 463. The Kier molecular flexibility index (Phi) is 6.52. The summed E-state index contributed by atoms with van der Waals surface area (Å²) in [6, 6.07) is 5.63. The molecule has 1 rings (SSSR count). The standard InChI is InChI=1S/C13H18BrN3O2/c1-9-4-5-10(14)7-11(9)17-13(19)8-16-12(18)3-2-6-15/h4-5,7H,2-3,6,8,15H2,1H3,(H,16,18)(H,17,19). The summed E-state index contributed by atoms with van der Waals surface area (Å²) in [6.07, 6.45) is 0.970. The van der Waals surface area contributed by atoms with Gasteiger partial charge in [0.15, 0.2) is 0 Å². The molecule has 0 saturated heterocycles. The lowest BCUT2D eigenvalue weighted by Crippen LogP contribution is -2.33. The molecule has 0 unspecified atom stereocenters. The quantitative estimate of drug-likeness (QED) is 0.741. The lowest BCUT2D eigenvalue weighted by molar-refractivity contribution is -0.124. The number of nitrogens with two attached hydrogens (primary N) is 1. The normalized spacial score (nSPS) is 10.1. The van der Waals surface area contributed by atoms with Gasteiger partial charge in [-0.1, -0.05) is 22.0 Å². The van der Waals surface area contributed by atoms with E-state index in [2.05, 4.69) is 26.6 Å². The smallest absolute Gasteiger partial charge is 0.243 e. The van der Waals surface area contributed by atoms with Crippen molar-refractivity contribution in [3.63, 3.8) is 0 Å². The maximum atomic E-state index is 11.7. The second-order valence-electron chi connectivity index (χ2n) is 4.18. The Morgan fingerprint density at radius 3 is 2.74 bits per heavy atom. The number of halogens is 1. The molecule has 0 aliphatic carbocycles. The Morgan fingerprint density at radius 1 is 1.32 bits per heavy atom. The molecule has 4 N–H and O–H groups in total. The van der Waals surface area contributed by atoms with E-state index in [-0.39, 0.29) is 18.4 Å². The van der Waals surface area contributed by atoms with Crippen LogP contribution in [-0.2, 0) is 9.59 Å². The molecule has 1 aromatic rings. The number of rotatable bonds is 6. The summed E-state index contributed by atoms with van der Waals surface area (Å²) < 4.78 is 0.889. The highest BCUT2D eigenvalue weighted by Crippen LogP contribution is 2.20. The number of carbonyl (C=O) groups excluding carboxylic acids is 2. The molecule has 0 heterocycles. The molecule has 104 valence electrons. The van der Waals surface area contributed by atoms with Crippen LogP contribution in [0.25, 0.3) is 0 Å². The summed E-state index contributed by atoms with van der Waals surface area (Å²) in [7, 11) is 0. The average Bonchev–Trinajstić information content (AvgIpc) is 2.38. The number of anilines is 1. The SMILES string of the molecule is Cc1ccc(Br)cc1NC(=O)CNC(=O)CCCN. The van der Waals surface area contributed by atoms with E-state index in [0.717, 1.165) is 15.7 Å². The molecular formula is C13H18BrN3O2. The summed E-state index contributed by atoms with van der Waals surface area (Å²) in [4.78, 5) is 23.0. The monoisotopic (exact) mass is 327 g/mol. The molecule has 0 fully saturated rings. The topological polar surface area (TPSA) is 84.2 Å². The second kappa shape index (κ2) is 7.91. The highest BCUT2D eigenvalue weighted by Gasteiger charge is 2.07. The molecule has 0 saturated carbocycles. The van der Waals surface area contributed by atoms with Crippen LogP contribution < -0.4 is 16.4 Å². The third-order valence-electron chi connectivity index (χ3n) is 2.53. The molecule has 6 heteroatoms. The molecular weight excluding hydrogens is 310 g/mol. The second-order valence-corrected chi connectivity index (χ2v) is 5.09. The maximum absolute atomic E-state index is 11.7.